The maximum absolute atomic E-state index is 12.3. The van der Waals surface area contributed by atoms with Gasteiger partial charge < -0.3 is 24.4 Å². The number of hydrogen-bond acceptors (Lipinski definition) is 7. The van der Waals surface area contributed by atoms with Crippen molar-refractivity contribution in [3.8, 4) is 0 Å². The molecule has 3 N–H and O–H groups in total. The average molecular weight is 725 g/mol. The van der Waals surface area contributed by atoms with Crippen molar-refractivity contribution in [3.63, 3.8) is 0 Å². The van der Waals surface area contributed by atoms with Crippen molar-refractivity contribution >= 4 is 19.8 Å². The van der Waals surface area contributed by atoms with Gasteiger partial charge in [-0.15, -0.1) is 0 Å². The third kappa shape index (κ3) is 35.5. The van der Waals surface area contributed by atoms with Gasteiger partial charge in [0.2, 0.25) is 0 Å². The first-order valence-corrected chi connectivity index (χ1v) is 20.6. The Morgan fingerprint density at radius 1 is 0.660 bits per heavy atom. The molecule has 0 aliphatic carbocycles. The molecular formula is C40H69O9P. The third-order valence-corrected chi connectivity index (χ3v) is 8.73. The van der Waals surface area contributed by atoms with Crippen LogP contribution in [-0.2, 0) is 28.2 Å². The summed E-state index contributed by atoms with van der Waals surface area (Å²) >= 11 is 0. The Morgan fingerprint density at radius 2 is 1.20 bits per heavy atom. The molecule has 0 aromatic carbocycles. The number of aliphatic hydroxyl groups is 1. The summed E-state index contributed by atoms with van der Waals surface area (Å²) in [6.45, 7) is 5.63. The molecular weight excluding hydrogens is 655 g/mol. The summed E-state index contributed by atoms with van der Waals surface area (Å²) in [5.74, 6) is -0.132. The van der Waals surface area contributed by atoms with Crippen LogP contribution in [0.3, 0.4) is 0 Å². The third-order valence-electron chi connectivity index (χ3n) is 8.25. The highest BCUT2D eigenvalue weighted by atomic mass is 31.2. The van der Waals surface area contributed by atoms with E-state index in [2.05, 4.69) is 42.7 Å². The zero-order valence-corrected chi connectivity index (χ0v) is 32.2. The van der Waals surface area contributed by atoms with E-state index in [9.17, 15) is 19.3 Å². The minimum atomic E-state index is -4.78. The Hall–Kier alpha value is -2.29. The largest absolute Gasteiger partial charge is 0.469 e. The fourth-order valence-electron chi connectivity index (χ4n) is 4.86. The van der Waals surface area contributed by atoms with Crippen LogP contribution in [0.2, 0.25) is 0 Å². The summed E-state index contributed by atoms with van der Waals surface area (Å²) in [6.07, 6.45) is 37.5. The smallest absolute Gasteiger partial charge is 0.462 e. The van der Waals surface area contributed by atoms with Crippen LogP contribution in [0.15, 0.2) is 60.8 Å². The molecule has 0 aliphatic heterocycles. The van der Waals surface area contributed by atoms with Crippen LogP contribution in [-0.4, -0.2) is 52.3 Å². The number of phosphoric acid groups is 1. The van der Waals surface area contributed by atoms with Crippen molar-refractivity contribution in [2.45, 2.75) is 161 Å². The van der Waals surface area contributed by atoms with Gasteiger partial charge in [0, 0.05) is 12.8 Å². The molecule has 0 aromatic rings. The molecule has 10 heteroatoms. The number of rotatable bonds is 33. The predicted molar refractivity (Wildman–Crippen MR) is 203 cm³/mol. The number of aliphatic hydroxyl groups excluding tert-OH is 1. The first-order valence-electron chi connectivity index (χ1n) is 19.1. The Morgan fingerprint density at radius 3 is 1.78 bits per heavy atom. The summed E-state index contributed by atoms with van der Waals surface area (Å²) in [7, 11) is -4.78. The summed E-state index contributed by atoms with van der Waals surface area (Å²) in [5.41, 5.74) is 0. The minimum absolute atomic E-state index is 0.118. The number of phosphoric ester groups is 1. The van der Waals surface area contributed by atoms with Crippen molar-refractivity contribution in [2.24, 2.45) is 5.92 Å². The Balaban J connectivity index is 4.11. The van der Waals surface area contributed by atoms with Gasteiger partial charge in [-0.1, -0.05) is 152 Å². The summed E-state index contributed by atoms with van der Waals surface area (Å²) < 4.78 is 26.2. The lowest BCUT2D eigenvalue weighted by atomic mass is 9.99. The molecule has 0 rings (SSSR count). The fourth-order valence-corrected chi connectivity index (χ4v) is 5.22. The van der Waals surface area contributed by atoms with Crippen molar-refractivity contribution in [3.05, 3.63) is 60.8 Å². The minimum Gasteiger partial charge on any atom is -0.462 e. The highest BCUT2D eigenvalue weighted by molar-refractivity contribution is 7.46. The van der Waals surface area contributed by atoms with Gasteiger partial charge in [-0.3, -0.25) is 14.1 Å². The quantitative estimate of drug-likeness (QED) is 0.0198. The summed E-state index contributed by atoms with van der Waals surface area (Å²) in [6, 6.07) is 0. The zero-order valence-electron chi connectivity index (χ0n) is 31.3. The SMILES string of the molecule is CCC(C)CCCCCCCCCCCCC(=O)OC[C@H](COP(=O)(O)O)OC(=O)CCC/C=C\C/C=C\C/C=C\C/C=C\C=C\[C@H](O)CC. The van der Waals surface area contributed by atoms with Gasteiger partial charge in [0.25, 0.3) is 0 Å². The molecule has 0 radical (unpaired) electrons. The van der Waals surface area contributed by atoms with E-state index in [0.717, 1.165) is 44.4 Å². The lowest BCUT2D eigenvalue weighted by molar-refractivity contribution is -0.161. The molecule has 0 aromatic heterocycles. The van der Waals surface area contributed by atoms with E-state index < -0.39 is 32.5 Å². The lowest BCUT2D eigenvalue weighted by Gasteiger charge is -2.18. The Labute approximate surface area is 303 Å². The van der Waals surface area contributed by atoms with E-state index in [1.807, 2.05) is 37.3 Å². The topological polar surface area (TPSA) is 140 Å². The second kappa shape index (κ2) is 33.8. The highest BCUT2D eigenvalue weighted by Gasteiger charge is 2.22. The lowest BCUT2D eigenvalue weighted by Crippen LogP contribution is -2.29. The molecule has 0 heterocycles. The Kier molecular flexibility index (Phi) is 32.3. The van der Waals surface area contributed by atoms with E-state index in [0.29, 0.717) is 25.7 Å². The van der Waals surface area contributed by atoms with Crippen molar-refractivity contribution in [1.82, 2.24) is 0 Å². The van der Waals surface area contributed by atoms with Crippen LogP contribution in [0.5, 0.6) is 0 Å². The molecule has 9 nitrogen and oxygen atoms in total. The number of unbranched alkanes of at least 4 members (excludes halogenated alkanes) is 10. The molecule has 288 valence electrons. The summed E-state index contributed by atoms with van der Waals surface area (Å²) in [5, 5.41) is 9.44. The van der Waals surface area contributed by atoms with Crippen molar-refractivity contribution < 1.29 is 43.0 Å². The molecule has 0 bridgehead atoms. The van der Waals surface area contributed by atoms with Gasteiger partial charge in [0.15, 0.2) is 6.10 Å². The maximum atomic E-state index is 12.3. The maximum Gasteiger partial charge on any atom is 0.469 e. The van der Waals surface area contributed by atoms with E-state index >= 15 is 0 Å². The number of ether oxygens (including phenoxy) is 2. The molecule has 1 unspecified atom stereocenters. The molecule has 0 amide bonds. The predicted octanol–water partition coefficient (Wildman–Crippen LogP) is 10.2. The van der Waals surface area contributed by atoms with Gasteiger partial charge in [0.1, 0.15) is 6.61 Å². The monoisotopic (exact) mass is 724 g/mol. The van der Waals surface area contributed by atoms with Gasteiger partial charge in [0.05, 0.1) is 12.7 Å². The van der Waals surface area contributed by atoms with E-state index in [4.69, 9.17) is 19.3 Å². The molecule has 3 atom stereocenters. The van der Waals surface area contributed by atoms with Gasteiger partial charge in [-0.2, -0.15) is 0 Å². The van der Waals surface area contributed by atoms with E-state index in [1.54, 1.807) is 6.08 Å². The number of esters is 2. The number of carbonyl (C=O) groups excluding carboxylic acids is 2. The fraction of sp³-hybridized carbons (Fsp3) is 0.700. The second-order valence-electron chi connectivity index (χ2n) is 13.0. The van der Waals surface area contributed by atoms with Crippen molar-refractivity contribution in [2.75, 3.05) is 13.2 Å². The number of carbonyl (C=O) groups is 2. The van der Waals surface area contributed by atoms with E-state index in [-0.39, 0.29) is 25.6 Å². The first kappa shape index (κ1) is 47.7. The Bertz CT molecular complexity index is 1030. The van der Waals surface area contributed by atoms with Crippen LogP contribution in [0.25, 0.3) is 0 Å². The first-order chi connectivity index (χ1) is 24.1. The molecule has 0 saturated heterocycles. The molecule has 0 aliphatic rings. The van der Waals surface area contributed by atoms with Gasteiger partial charge >= 0.3 is 19.8 Å². The van der Waals surface area contributed by atoms with Crippen LogP contribution < -0.4 is 0 Å². The van der Waals surface area contributed by atoms with Crippen LogP contribution >= 0.6 is 7.82 Å². The second-order valence-corrected chi connectivity index (χ2v) is 14.2. The zero-order chi connectivity index (χ0) is 37.1. The number of hydrogen-bond donors (Lipinski definition) is 3. The van der Waals surface area contributed by atoms with Crippen molar-refractivity contribution in [1.29, 1.82) is 0 Å². The normalized spacial score (nSPS) is 14.4. The average Bonchev–Trinajstić information content (AvgIpc) is 3.08. The van der Waals surface area contributed by atoms with Crippen LogP contribution in [0.4, 0.5) is 0 Å². The summed E-state index contributed by atoms with van der Waals surface area (Å²) in [4.78, 5) is 42.7. The van der Waals surface area contributed by atoms with Crippen LogP contribution in [0, 0.1) is 5.92 Å². The van der Waals surface area contributed by atoms with Crippen LogP contribution in [0.1, 0.15) is 149 Å². The molecule has 0 spiro atoms. The molecule has 50 heavy (non-hydrogen) atoms. The molecule has 0 fully saturated rings. The van der Waals surface area contributed by atoms with Gasteiger partial charge in [-0.25, -0.2) is 4.57 Å². The van der Waals surface area contributed by atoms with Gasteiger partial charge in [-0.05, 0) is 50.9 Å². The standard InChI is InChI=1S/C40H69O9P/c1-4-36(3)30-26-22-18-14-12-13-16-20-24-28-32-39(42)47-34-38(35-48-50(44,45)46)49-40(43)33-29-25-21-17-11-9-7-6-8-10-15-19-23-27-31-37(41)5-2/h7-10,17,19,21,23,27,31,36-38,41H,4-6,11-16,18,20,22,24-26,28-30,32-35H2,1-3H3,(H2,44,45,46)/b9-7-,10-8-,21-17-,23-19-,31-27+/t36?,37-,38-/m1/s1. The number of allylic oxidation sites excluding steroid dienone is 9. The highest BCUT2D eigenvalue weighted by Crippen LogP contribution is 2.36. The molecule has 0 saturated carbocycles. The van der Waals surface area contributed by atoms with E-state index in [1.165, 1.54) is 51.4 Å².